The number of nitrogens with one attached hydrogen (secondary N) is 2. The minimum Gasteiger partial charge on any atom is -0.467 e. The van der Waals surface area contributed by atoms with E-state index in [1.807, 2.05) is 37.3 Å². The summed E-state index contributed by atoms with van der Waals surface area (Å²) in [5.41, 5.74) is 0.975. The molecule has 5 nitrogen and oxygen atoms in total. The molecule has 2 amide bonds. The summed E-state index contributed by atoms with van der Waals surface area (Å²) < 4.78 is 5.14. The van der Waals surface area contributed by atoms with Crippen molar-refractivity contribution in [2.75, 3.05) is 6.54 Å². The molecule has 0 aliphatic rings. The fourth-order valence-electron chi connectivity index (χ4n) is 2.38. The van der Waals surface area contributed by atoms with E-state index in [1.165, 1.54) is 0 Å². The van der Waals surface area contributed by atoms with Gasteiger partial charge in [-0.1, -0.05) is 43.7 Å². The molecule has 2 rings (SSSR count). The first-order valence-electron chi connectivity index (χ1n) is 7.82. The zero-order valence-electron chi connectivity index (χ0n) is 13.2. The van der Waals surface area contributed by atoms with Crippen LogP contribution in [0.25, 0.3) is 0 Å². The highest BCUT2D eigenvalue weighted by molar-refractivity contribution is 5.88. The Kier molecular flexibility index (Phi) is 6.41. The minimum atomic E-state index is -0.238. The van der Waals surface area contributed by atoms with Gasteiger partial charge in [-0.15, -0.1) is 0 Å². The summed E-state index contributed by atoms with van der Waals surface area (Å²) in [7, 11) is 0. The summed E-state index contributed by atoms with van der Waals surface area (Å²) in [6.07, 6.45) is 3.21. The van der Waals surface area contributed by atoms with E-state index in [2.05, 4.69) is 10.6 Å². The van der Waals surface area contributed by atoms with Gasteiger partial charge in [-0.05, 0) is 24.1 Å². The lowest BCUT2D eigenvalue weighted by Gasteiger charge is -2.16. The fourth-order valence-corrected chi connectivity index (χ4v) is 2.38. The van der Waals surface area contributed by atoms with Crippen LogP contribution in [0.1, 0.15) is 37.0 Å². The lowest BCUT2D eigenvalue weighted by atomic mass is 9.94. The molecule has 0 fully saturated rings. The Bertz CT molecular complexity index is 608. The van der Waals surface area contributed by atoms with Gasteiger partial charge in [0, 0.05) is 0 Å². The number of carbonyl (C=O) groups is 2. The van der Waals surface area contributed by atoms with Crippen LogP contribution in [0.2, 0.25) is 0 Å². The van der Waals surface area contributed by atoms with Gasteiger partial charge in [0.05, 0.1) is 25.3 Å². The molecular formula is C18H22N2O3. The van der Waals surface area contributed by atoms with Crippen LogP contribution in [-0.4, -0.2) is 18.4 Å². The SMILES string of the molecule is CCCC(C(=O)NCC(=O)NCc1ccco1)c1ccccc1. The molecule has 1 aromatic heterocycles. The Hall–Kier alpha value is -2.56. The first-order valence-corrected chi connectivity index (χ1v) is 7.82. The van der Waals surface area contributed by atoms with Crippen LogP contribution in [0.5, 0.6) is 0 Å². The Labute approximate surface area is 136 Å². The number of hydrogen-bond acceptors (Lipinski definition) is 3. The molecule has 0 bridgehead atoms. The Balaban J connectivity index is 1.82. The lowest BCUT2D eigenvalue weighted by molar-refractivity contribution is -0.127. The number of amides is 2. The predicted octanol–water partition coefficient (Wildman–Crippen LogP) is 2.60. The van der Waals surface area contributed by atoms with Crippen molar-refractivity contribution in [3.63, 3.8) is 0 Å². The van der Waals surface area contributed by atoms with E-state index in [0.29, 0.717) is 12.3 Å². The van der Waals surface area contributed by atoms with Crippen molar-refractivity contribution in [2.45, 2.75) is 32.2 Å². The molecule has 0 saturated carbocycles. The second kappa shape index (κ2) is 8.78. The van der Waals surface area contributed by atoms with Crippen molar-refractivity contribution >= 4 is 11.8 Å². The van der Waals surface area contributed by atoms with Gasteiger partial charge in [0.2, 0.25) is 11.8 Å². The highest BCUT2D eigenvalue weighted by Crippen LogP contribution is 2.21. The molecule has 0 saturated heterocycles. The zero-order valence-corrected chi connectivity index (χ0v) is 13.2. The number of benzene rings is 1. The highest BCUT2D eigenvalue weighted by atomic mass is 16.3. The van der Waals surface area contributed by atoms with E-state index in [-0.39, 0.29) is 24.3 Å². The molecule has 2 N–H and O–H groups in total. The second-order valence-corrected chi connectivity index (χ2v) is 5.33. The molecule has 1 atom stereocenters. The molecule has 0 radical (unpaired) electrons. The van der Waals surface area contributed by atoms with Crippen LogP contribution in [0.15, 0.2) is 53.1 Å². The highest BCUT2D eigenvalue weighted by Gasteiger charge is 2.19. The summed E-state index contributed by atoms with van der Waals surface area (Å²) >= 11 is 0. The second-order valence-electron chi connectivity index (χ2n) is 5.33. The maximum Gasteiger partial charge on any atom is 0.239 e. The van der Waals surface area contributed by atoms with E-state index < -0.39 is 0 Å². The molecule has 122 valence electrons. The van der Waals surface area contributed by atoms with E-state index >= 15 is 0 Å². The molecule has 1 unspecified atom stereocenters. The Morgan fingerprint density at radius 1 is 1.09 bits per heavy atom. The maximum absolute atomic E-state index is 12.4. The van der Waals surface area contributed by atoms with E-state index in [1.54, 1.807) is 18.4 Å². The van der Waals surface area contributed by atoms with Crippen LogP contribution >= 0.6 is 0 Å². The zero-order chi connectivity index (χ0) is 16.5. The van der Waals surface area contributed by atoms with Crippen molar-refractivity contribution in [3.8, 4) is 0 Å². The average Bonchev–Trinajstić information content (AvgIpc) is 3.10. The molecule has 1 heterocycles. The standard InChI is InChI=1S/C18H22N2O3/c1-2-7-16(14-8-4-3-5-9-14)18(22)20-13-17(21)19-12-15-10-6-11-23-15/h3-6,8-11,16H,2,7,12-13H2,1H3,(H,19,21)(H,20,22). The van der Waals surface area contributed by atoms with Gasteiger partial charge >= 0.3 is 0 Å². The minimum absolute atomic E-state index is 0.0351. The van der Waals surface area contributed by atoms with Crippen LogP contribution in [0, 0.1) is 0 Å². The third-order valence-corrected chi connectivity index (χ3v) is 3.56. The summed E-state index contributed by atoms with van der Waals surface area (Å²) in [4.78, 5) is 24.2. The van der Waals surface area contributed by atoms with Gasteiger partial charge in [-0.3, -0.25) is 9.59 Å². The van der Waals surface area contributed by atoms with Crippen LogP contribution < -0.4 is 10.6 Å². The molecule has 0 spiro atoms. The quantitative estimate of drug-likeness (QED) is 0.787. The lowest BCUT2D eigenvalue weighted by Crippen LogP contribution is -2.38. The molecule has 0 aliphatic heterocycles. The third-order valence-electron chi connectivity index (χ3n) is 3.56. The average molecular weight is 314 g/mol. The van der Waals surface area contributed by atoms with Crippen LogP contribution in [0.3, 0.4) is 0 Å². The number of hydrogen-bond donors (Lipinski definition) is 2. The predicted molar refractivity (Wildman–Crippen MR) is 87.7 cm³/mol. The molecule has 2 aromatic rings. The van der Waals surface area contributed by atoms with Crippen LogP contribution in [0.4, 0.5) is 0 Å². The Morgan fingerprint density at radius 2 is 1.87 bits per heavy atom. The normalized spacial score (nSPS) is 11.7. The number of rotatable bonds is 8. The largest absolute Gasteiger partial charge is 0.467 e. The smallest absolute Gasteiger partial charge is 0.239 e. The summed E-state index contributed by atoms with van der Waals surface area (Å²) in [5, 5.41) is 5.42. The van der Waals surface area contributed by atoms with Crippen molar-refractivity contribution in [1.29, 1.82) is 0 Å². The van der Waals surface area contributed by atoms with E-state index in [0.717, 1.165) is 18.4 Å². The molecule has 5 heteroatoms. The van der Waals surface area contributed by atoms with Gasteiger partial charge in [0.25, 0.3) is 0 Å². The number of furan rings is 1. The van der Waals surface area contributed by atoms with Crippen molar-refractivity contribution in [2.24, 2.45) is 0 Å². The fraction of sp³-hybridized carbons (Fsp3) is 0.333. The van der Waals surface area contributed by atoms with E-state index in [9.17, 15) is 9.59 Å². The van der Waals surface area contributed by atoms with Crippen molar-refractivity contribution < 1.29 is 14.0 Å². The molecular weight excluding hydrogens is 292 g/mol. The first kappa shape index (κ1) is 16.8. The van der Waals surface area contributed by atoms with E-state index in [4.69, 9.17) is 4.42 Å². The molecule has 0 aliphatic carbocycles. The van der Waals surface area contributed by atoms with Crippen LogP contribution in [-0.2, 0) is 16.1 Å². The van der Waals surface area contributed by atoms with Gasteiger partial charge < -0.3 is 15.1 Å². The molecule has 23 heavy (non-hydrogen) atoms. The number of carbonyl (C=O) groups excluding carboxylic acids is 2. The summed E-state index contributed by atoms with van der Waals surface area (Å²) in [6.45, 7) is 2.32. The first-order chi connectivity index (χ1) is 11.2. The van der Waals surface area contributed by atoms with Crippen molar-refractivity contribution in [3.05, 3.63) is 60.1 Å². The molecule has 1 aromatic carbocycles. The monoisotopic (exact) mass is 314 g/mol. The van der Waals surface area contributed by atoms with Gasteiger partial charge in [-0.25, -0.2) is 0 Å². The van der Waals surface area contributed by atoms with Gasteiger partial charge in [-0.2, -0.15) is 0 Å². The van der Waals surface area contributed by atoms with Gasteiger partial charge in [0.15, 0.2) is 0 Å². The Morgan fingerprint density at radius 3 is 2.52 bits per heavy atom. The maximum atomic E-state index is 12.4. The third kappa shape index (κ3) is 5.29. The van der Waals surface area contributed by atoms with Crippen molar-refractivity contribution in [1.82, 2.24) is 10.6 Å². The summed E-state index contributed by atoms with van der Waals surface area (Å²) in [5.74, 6) is 0.0983. The van der Waals surface area contributed by atoms with Gasteiger partial charge in [0.1, 0.15) is 5.76 Å². The summed E-state index contributed by atoms with van der Waals surface area (Å²) in [6, 6.07) is 13.2. The topological polar surface area (TPSA) is 71.3 Å².